The lowest BCUT2D eigenvalue weighted by atomic mass is 10.2. The first-order valence-electron chi connectivity index (χ1n) is 3.50. The Balaban J connectivity index is 2.50. The number of nitrogens with one attached hydrogen (secondary N) is 1. The van der Waals surface area contributed by atoms with Gasteiger partial charge in [0.1, 0.15) is 0 Å². The van der Waals surface area contributed by atoms with E-state index in [9.17, 15) is 4.79 Å². The van der Waals surface area contributed by atoms with Gasteiger partial charge in [-0.2, -0.15) is 9.89 Å². The van der Waals surface area contributed by atoms with Crippen LogP contribution in [-0.4, -0.2) is 15.8 Å². The molecule has 4 nitrogen and oxygen atoms in total. The van der Waals surface area contributed by atoms with Crippen LogP contribution in [0.5, 0.6) is 0 Å². The molecular weight excluding hydrogens is 142 g/mol. The maximum atomic E-state index is 11.0. The van der Waals surface area contributed by atoms with Crippen molar-refractivity contribution in [3.05, 3.63) is 18.5 Å². The molecule has 1 N–H and O–H groups in total. The van der Waals surface area contributed by atoms with Crippen molar-refractivity contribution < 1.29 is 4.79 Å². The van der Waals surface area contributed by atoms with Crippen molar-refractivity contribution in [2.75, 3.05) is 5.43 Å². The van der Waals surface area contributed by atoms with Gasteiger partial charge < -0.3 is 0 Å². The normalized spacial score (nSPS) is 10.1. The average Bonchev–Trinajstić information content (AvgIpc) is 2.39. The van der Waals surface area contributed by atoms with Gasteiger partial charge in [0.15, 0.2) is 0 Å². The number of hydrogen-bond acceptors (Lipinski definition) is 2. The number of hydrogen-bond donors (Lipinski definition) is 1. The van der Waals surface area contributed by atoms with Crippen molar-refractivity contribution in [3.63, 3.8) is 0 Å². The summed E-state index contributed by atoms with van der Waals surface area (Å²) in [5.74, 6) is -0.0482. The van der Waals surface area contributed by atoms with Gasteiger partial charge in [-0.25, -0.2) is 5.43 Å². The lowest BCUT2D eigenvalue weighted by molar-refractivity contribution is -0.119. The van der Waals surface area contributed by atoms with Crippen molar-refractivity contribution in [1.29, 1.82) is 0 Å². The van der Waals surface area contributed by atoms with Crippen LogP contribution in [0.1, 0.15) is 13.8 Å². The summed E-state index contributed by atoms with van der Waals surface area (Å²) in [6.45, 7) is 3.66. The molecule has 0 saturated heterocycles. The molecule has 0 atom stereocenters. The summed E-state index contributed by atoms with van der Waals surface area (Å²) in [7, 11) is 0. The van der Waals surface area contributed by atoms with Gasteiger partial charge in [0.05, 0.1) is 6.20 Å². The maximum absolute atomic E-state index is 11.0. The fourth-order valence-electron chi connectivity index (χ4n) is 0.577. The van der Waals surface area contributed by atoms with Crippen LogP contribution in [0.3, 0.4) is 0 Å². The molecule has 0 fully saturated rings. The summed E-state index contributed by atoms with van der Waals surface area (Å²) < 4.78 is 0. The fourth-order valence-corrected chi connectivity index (χ4v) is 0.577. The molecule has 1 amide bonds. The van der Waals surface area contributed by atoms with Crippen LogP contribution in [0.4, 0.5) is 0 Å². The number of carbonyl (C=O) groups excluding carboxylic acids is 1. The summed E-state index contributed by atoms with van der Waals surface area (Å²) in [6, 6.07) is 1.75. The Morgan fingerprint density at radius 3 is 2.82 bits per heavy atom. The minimum atomic E-state index is -0.0336. The van der Waals surface area contributed by atoms with Crippen molar-refractivity contribution in [2.24, 2.45) is 5.92 Å². The van der Waals surface area contributed by atoms with E-state index in [0.717, 1.165) is 0 Å². The van der Waals surface area contributed by atoms with Crippen molar-refractivity contribution in [2.45, 2.75) is 13.8 Å². The first-order valence-corrected chi connectivity index (χ1v) is 3.50. The maximum Gasteiger partial charge on any atom is 0.242 e. The monoisotopic (exact) mass is 153 g/mol. The van der Waals surface area contributed by atoms with E-state index in [-0.39, 0.29) is 11.8 Å². The second-order valence-corrected chi connectivity index (χ2v) is 2.58. The van der Waals surface area contributed by atoms with Crippen LogP contribution in [0.15, 0.2) is 18.5 Å². The minimum Gasteiger partial charge on any atom is -0.273 e. The molecule has 11 heavy (non-hydrogen) atoms. The Kier molecular flexibility index (Phi) is 2.25. The van der Waals surface area contributed by atoms with E-state index in [0.29, 0.717) is 0 Å². The second kappa shape index (κ2) is 3.18. The van der Waals surface area contributed by atoms with Crippen LogP contribution >= 0.6 is 0 Å². The smallest absolute Gasteiger partial charge is 0.242 e. The van der Waals surface area contributed by atoms with E-state index in [4.69, 9.17) is 0 Å². The Morgan fingerprint density at radius 1 is 1.64 bits per heavy atom. The van der Waals surface area contributed by atoms with Crippen molar-refractivity contribution in [3.8, 4) is 0 Å². The Labute approximate surface area is 65.2 Å². The van der Waals surface area contributed by atoms with E-state index in [2.05, 4.69) is 10.5 Å². The van der Waals surface area contributed by atoms with E-state index in [1.165, 1.54) is 4.79 Å². The van der Waals surface area contributed by atoms with E-state index in [1.807, 2.05) is 13.8 Å². The van der Waals surface area contributed by atoms with Crippen LogP contribution in [0, 0.1) is 5.92 Å². The molecule has 0 aromatic carbocycles. The van der Waals surface area contributed by atoms with Crippen molar-refractivity contribution >= 4 is 5.91 Å². The second-order valence-electron chi connectivity index (χ2n) is 2.58. The van der Waals surface area contributed by atoms with Crippen LogP contribution < -0.4 is 5.43 Å². The third-order valence-electron chi connectivity index (χ3n) is 1.25. The van der Waals surface area contributed by atoms with Gasteiger partial charge in [0.25, 0.3) is 0 Å². The van der Waals surface area contributed by atoms with Gasteiger partial charge in [0, 0.05) is 12.1 Å². The van der Waals surface area contributed by atoms with Gasteiger partial charge in [-0.15, -0.1) is 0 Å². The third-order valence-corrected chi connectivity index (χ3v) is 1.25. The van der Waals surface area contributed by atoms with Crippen LogP contribution in [-0.2, 0) is 4.79 Å². The summed E-state index contributed by atoms with van der Waals surface area (Å²) >= 11 is 0. The molecule has 0 aliphatic rings. The quantitative estimate of drug-likeness (QED) is 0.676. The highest BCUT2D eigenvalue weighted by molar-refractivity contribution is 5.85. The van der Waals surface area contributed by atoms with Gasteiger partial charge in [0.2, 0.25) is 5.91 Å². The van der Waals surface area contributed by atoms with Crippen molar-refractivity contribution in [1.82, 2.24) is 9.89 Å². The summed E-state index contributed by atoms with van der Waals surface area (Å²) in [5.41, 5.74) is 2.59. The first kappa shape index (κ1) is 7.78. The van der Waals surface area contributed by atoms with Gasteiger partial charge in [-0.1, -0.05) is 13.8 Å². The Bertz CT molecular complexity index is 228. The molecule has 0 bridgehead atoms. The summed E-state index contributed by atoms with van der Waals surface area (Å²) in [5, 5.41) is 3.82. The highest BCUT2D eigenvalue weighted by Crippen LogP contribution is 1.91. The largest absolute Gasteiger partial charge is 0.273 e. The zero-order chi connectivity index (χ0) is 8.27. The molecule has 0 aliphatic heterocycles. The molecule has 0 spiro atoms. The third kappa shape index (κ3) is 2.07. The van der Waals surface area contributed by atoms with E-state index in [1.54, 1.807) is 18.5 Å². The van der Waals surface area contributed by atoms with Crippen LogP contribution in [0.25, 0.3) is 0 Å². The zero-order valence-electron chi connectivity index (χ0n) is 6.61. The summed E-state index contributed by atoms with van der Waals surface area (Å²) in [6.07, 6.45) is 3.29. The van der Waals surface area contributed by atoms with Crippen LogP contribution in [0.2, 0.25) is 0 Å². The van der Waals surface area contributed by atoms with E-state index >= 15 is 0 Å². The number of rotatable bonds is 2. The average molecular weight is 153 g/mol. The highest BCUT2D eigenvalue weighted by atomic mass is 16.2. The standard InChI is InChI=1S/C7H11N3O/c1-6(2)7(11)9-10-5-3-4-8-10/h3-6H,1-2H3,(H,9,11). The van der Waals surface area contributed by atoms with E-state index < -0.39 is 0 Å². The minimum absolute atomic E-state index is 0.0146. The highest BCUT2D eigenvalue weighted by Gasteiger charge is 2.05. The SMILES string of the molecule is CC(C)C(=O)Nn1cccn1. The number of carbonyl (C=O) groups is 1. The molecule has 0 aliphatic carbocycles. The topological polar surface area (TPSA) is 46.9 Å². The summed E-state index contributed by atoms with van der Waals surface area (Å²) in [4.78, 5) is 12.4. The Hall–Kier alpha value is -1.32. The molecule has 0 radical (unpaired) electrons. The molecule has 4 heteroatoms. The number of aromatic nitrogens is 2. The molecular formula is C7H11N3O. The predicted octanol–water partition coefficient (Wildman–Crippen LogP) is 0.609. The first-order chi connectivity index (χ1) is 5.20. The molecule has 60 valence electrons. The lowest BCUT2D eigenvalue weighted by Crippen LogP contribution is -2.26. The zero-order valence-corrected chi connectivity index (χ0v) is 6.61. The molecule has 1 rings (SSSR count). The van der Waals surface area contributed by atoms with Gasteiger partial charge in [-0.05, 0) is 6.07 Å². The molecule has 1 heterocycles. The molecule has 1 aromatic rings. The Morgan fingerprint density at radius 2 is 2.36 bits per heavy atom. The number of amides is 1. The fraction of sp³-hybridized carbons (Fsp3) is 0.429. The van der Waals surface area contributed by atoms with Gasteiger partial charge >= 0.3 is 0 Å². The molecule has 0 unspecified atom stereocenters. The number of nitrogens with zero attached hydrogens (tertiary/aromatic N) is 2. The predicted molar refractivity (Wildman–Crippen MR) is 41.4 cm³/mol. The lowest BCUT2D eigenvalue weighted by Gasteiger charge is -2.05. The molecule has 0 saturated carbocycles. The van der Waals surface area contributed by atoms with Gasteiger partial charge in [-0.3, -0.25) is 4.79 Å². The molecule has 1 aromatic heterocycles.